The van der Waals surface area contributed by atoms with Crippen LogP contribution < -0.4 is 15.4 Å². The lowest BCUT2D eigenvalue weighted by Crippen LogP contribution is -2.21. The lowest BCUT2D eigenvalue weighted by Gasteiger charge is -2.10. The standard InChI is InChI=1S/C17H14F3N3O2S/c1-25-12-6-3-7-13-15(12)23-16(26-13)22-14(24)9-21-11-5-2-4-10(8-11)17(18,19)20/h2-8,21H,9H2,1H3,(H,22,23,24). The van der Waals surface area contributed by atoms with E-state index in [1.54, 1.807) is 6.07 Å². The number of para-hydroxylation sites is 1. The van der Waals surface area contributed by atoms with Crippen LogP contribution >= 0.6 is 11.3 Å². The van der Waals surface area contributed by atoms with Gasteiger partial charge in [0, 0.05) is 5.69 Å². The molecule has 0 saturated heterocycles. The van der Waals surface area contributed by atoms with Crippen LogP contribution in [-0.4, -0.2) is 24.5 Å². The number of hydrogen-bond acceptors (Lipinski definition) is 5. The van der Waals surface area contributed by atoms with Gasteiger partial charge in [0.1, 0.15) is 11.3 Å². The number of anilines is 2. The molecule has 5 nitrogen and oxygen atoms in total. The third-order valence-corrected chi connectivity index (χ3v) is 4.43. The molecule has 0 atom stereocenters. The maximum Gasteiger partial charge on any atom is 0.416 e. The first-order valence-corrected chi connectivity index (χ1v) is 8.33. The quantitative estimate of drug-likeness (QED) is 0.689. The molecule has 0 aliphatic heterocycles. The molecule has 0 aliphatic carbocycles. The Kier molecular flexibility index (Phi) is 4.99. The van der Waals surface area contributed by atoms with Crippen molar-refractivity contribution in [3.05, 3.63) is 48.0 Å². The van der Waals surface area contributed by atoms with E-state index in [-0.39, 0.29) is 12.2 Å². The van der Waals surface area contributed by atoms with Crippen molar-refractivity contribution in [2.24, 2.45) is 0 Å². The molecule has 0 saturated carbocycles. The second-order valence-electron chi connectivity index (χ2n) is 5.31. The summed E-state index contributed by atoms with van der Waals surface area (Å²) >= 11 is 1.28. The summed E-state index contributed by atoms with van der Waals surface area (Å²) in [4.78, 5) is 16.3. The molecule has 0 radical (unpaired) electrons. The summed E-state index contributed by atoms with van der Waals surface area (Å²) in [5, 5.41) is 5.69. The maximum absolute atomic E-state index is 12.7. The first kappa shape index (κ1) is 18.0. The van der Waals surface area contributed by atoms with E-state index in [4.69, 9.17) is 4.74 Å². The summed E-state index contributed by atoms with van der Waals surface area (Å²) in [7, 11) is 1.53. The van der Waals surface area contributed by atoms with E-state index in [2.05, 4.69) is 15.6 Å². The largest absolute Gasteiger partial charge is 0.494 e. The Morgan fingerprint density at radius 3 is 2.73 bits per heavy atom. The zero-order chi connectivity index (χ0) is 18.7. The average Bonchev–Trinajstić information content (AvgIpc) is 3.01. The molecule has 0 fully saturated rings. The second-order valence-corrected chi connectivity index (χ2v) is 6.34. The Bertz CT molecular complexity index is 940. The van der Waals surface area contributed by atoms with Gasteiger partial charge in [-0.1, -0.05) is 23.5 Å². The van der Waals surface area contributed by atoms with Crippen LogP contribution in [0, 0.1) is 0 Å². The summed E-state index contributed by atoms with van der Waals surface area (Å²) in [6.45, 7) is -0.186. The number of hydrogen-bond donors (Lipinski definition) is 2. The van der Waals surface area contributed by atoms with E-state index in [9.17, 15) is 18.0 Å². The van der Waals surface area contributed by atoms with E-state index in [0.29, 0.717) is 16.4 Å². The van der Waals surface area contributed by atoms with Crippen LogP contribution in [-0.2, 0) is 11.0 Å². The van der Waals surface area contributed by atoms with Gasteiger partial charge in [-0.15, -0.1) is 0 Å². The molecule has 1 heterocycles. The van der Waals surface area contributed by atoms with Crippen LogP contribution in [0.15, 0.2) is 42.5 Å². The number of alkyl halides is 3. The van der Waals surface area contributed by atoms with Gasteiger partial charge in [0.25, 0.3) is 0 Å². The van der Waals surface area contributed by atoms with Crippen molar-refractivity contribution in [2.75, 3.05) is 24.3 Å². The van der Waals surface area contributed by atoms with Crippen LogP contribution in [0.5, 0.6) is 5.75 Å². The highest BCUT2D eigenvalue weighted by Gasteiger charge is 2.30. The highest BCUT2D eigenvalue weighted by atomic mass is 32.1. The van der Waals surface area contributed by atoms with Crippen molar-refractivity contribution in [1.82, 2.24) is 4.98 Å². The topological polar surface area (TPSA) is 63.2 Å². The third kappa shape index (κ3) is 4.05. The number of methoxy groups -OCH3 is 1. The van der Waals surface area contributed by atoms with Gasteiger partial charge >= 0.3 is 6.18 Å². The van der Waals surface area contributed by atoms with Gasteiger partial charge in [-0.25, -0.2) is 4.98 Å². The number of aromatic nitrogens is 1. The highest BCUT2D eigenvalue weighted by molar-refractivity contribution is 7.22. The lowest BCUT2D eigenvalue weighted by molar-refractivity contribution is -0.137. The number of amides is 1. The Morgan fingerprint density at radius 2 is 2.00 bits per heavy atom. The van der Waals surface area contributed by atoms with Crippen molar-refractivity contribution >= 4 is 38.3 Å². The molecule has 0 unspecified atom stereocenters. The van der Waals surface area contributed by atoms with Crippen molar-refractivity contribution < 1.29 is 22.7 Å². The number of fused-ring (bicyclic) bond motifs is 1. The molecule has 3 rings (SSSR count). The van der Waals surface area contributed by atoms with E-state index >= 15 is 0 Å². The van der Waals surface area contributed by atoms with Crippen LogP contribution in [0.1, 0.15) is 5.56 Å². The predicted octanol–water partition coefficient (Wildman–Crippen LogP) is 4.37. The Balaban J connectivity index is 1.65. The Labute approximate surface area is 150 Å². The molecule has 2 N–H and O–H groups in total. The number of thiazole rings is 1. The monoisotopic (exact) mass is 381 g/mol. The molecule has 1 aromatic heterocycles. The van der Waals surface area contributed by atoms with Gasteiger partial charge in [-0.2, -0.15) is 13.2 Å². The molecule has 0 bridgehead atoms. The minimum atomic E-state index is -4.43. The van der Waals surface area contributed by atoms with Crippen LogP contribution in [0.2, 0.25) is 0 Å². The number of benzene rings is 2. The molecular weight excluding hydrogens is 367 g/mol. The highest BCUT2D eigenvalue weighted by Crippen LogP contribution is 2.32. The molecule has 1 amide bonds. The van der Waals surface area contributed by atoms with Crippen LogP contribution in [0.4, 0.5) is 24.0 Å². The molecule has 0 aliphatic rings. The SMILES string of the molecule is COc1cccc2sc(NC(=O)CNc3cccc(C(F)(F)F)c3)nc12. The fourth-order valence-electron chi connectivity index (χ4n) is 2.29. The second kappa shape index (κ2) is 7.20. The fourth-order valence-corrected chi connectivity index (χ4v) is 3.19. The van der Waals surface area contributed by atoms with Gasteiger partial charge in [0.2, 0.25) is 5.91 Å². The smallest absolute Gasteiger partial charge is 0.416 e. The first-order valence-electron chi connectivity index (χ1n) is 7.51. The molecule has 3 aromatic rings. The number of nitrogens with one attached hydrogen (secondary N) is 2. The van der Waals surface area contributed by atoms with E-state index < -0.39 is 17.6 Å². The molecule has 0 spiro atoms. The molecular formula is C17H14F3N3O2S. The van der Waals surface area contributed by atoms with E-state index in [1.807, 2.05) is 12.1 Å². The first-order chi connectivity index (χ1) is 12.4. The molecule has 26 heavy (non-hydrogen) atoms. The zero-order valence-corrected chi connectivity index (χ0v) is 14.4. The minimum Gasteiger partial charge on any atom is -0.494 e. The summed E-state index contributed by atoms with van der Waals surface area (Å²) < 4.78 is 44.1. The fraction of sp³-hybridized carbons (Fsp3) is 0.176. The number of halogens is 3. The summed E-state index contributed by atoms with van der Waals surface area (Å²) in [6.07, 6.45) is -4.43. The van der Waals surface area contributed by atoms with Crippen molar-refractivity contribution in [3.8, 4) is 5.75 Å². The summed E-state index contributed by atoms with van der Waals surface area (Å²) in [5.41, 5.74) is 0.0725. The van der Waals surface area contributed by atoms with Gasteiger partial charge in [0.05, 0.1) is 23.9 Å². The average molecular weight is 381 g/mol. The third-order valence-electron chi connectivity index (χ3n) is 3.49. The van der Waals surface area contributed by atoms with Crippen LogP contribution in [0.25, 0.3) is 10.2 Å². The van der Waals surface area contributed by atoms with E-state index in [0.717, 1.165) is 16.8 Å². The number of nitrogens with zero attached hydrogens (tertiary/aromatic N) is 1. The number of carbonyl (C=O) groups is 1. The zero-order valence-electron chi connectivity index (χ0n) is 13.6. The minimum absolute atomic E-state index is 0.186. The molecule has 136 valence electrons. The molecule has 9 heteroatoms. The van der Waals surface area contributed by atoms with Gasteiger partial charge in [-0.05, 0) is 30.3 Å². The Morgan fingerprint density at radius 1 is 1.23 bits per heavy atom. The van der Waals surface area contributed by atoms with E-state index in [1.165, 1.54) is 30.6 Å². The van der Waals surface area contributed by atoms with Gasteiger partial charge < -0.3 is 15.4 Å². The Hall–Kier alpha value is -2.81. The summed E-state index contributed by atoms with van der Waals surface area (Å²) in [6, 6.07) is 10.1. The summed E-state index contributed by atoms with van der Waals surface area (Å²) in [5.74, 6) is 0.182. The normalized spacial score (nSPS) is 11.4. The lowest BCUT2D eigenvalue weighted by atomic mass is 10.2. The number of rotatable bonds is 5. The van der Waals surface area contributed by atoms with Crippen molar-refractivity contribution in [1.29, 1.82) is 0 Å². The van der Waals surface area contributed by atoms with Gasteiger partial charge in [0.15, 0.2) is 5.13 Å². The number of ether oxygens (including phenoxy) is 1. The van der Waals surface area contributed by atoms with Gasteiger partial charge in [-0.3, -0.25) is 4.79 Å². The molecule has 2 aromatic carbocycles. The van der Waals surface area contributed by atoms with Crippen LogP contribution in [0.3, 0.4) is 0 Å². The van der Waals surface area contributed by atoms with Crippen molar-refractivity contribution in [2.45, 2.75) is 6.18 Å². The predicted molar refractivity (Wildman–Crippen MR) is 94.7 cm³/mol. The van der Waals surface area contributed by atoms with Crippen molar-refractivity contribution in [3.63, 3.8) is 0 Å². The number of carbonyl (C=O) groups excluding carboxylic acids is 1. The maximum atomic E-state index is 12.7.